The SMILES string of the molecule is CC1=CC[C@H]2[C@H](C)CC=C(C(C)C)[C@H]2C1. The van der Waals surface area contributed by atoms with Crippen LogP contribution >= 0.6 is 0 Å². The highest BCUT2D eigenvalue weighted by Gasteiger charge is 2.34. The van der Waals surface area contributed by atoms with Crippen molar-refractivity contribution in [3.05, 3.63) is 23.3 Å². The second-order valence-corrected chi connectivity index (χ2v) is 5.83. The van der Waals surface area contributed by atoms with Gasteiger partial charge in [0, 0.05) is 0 Å². The lowest BCUT2D eigenvalue weighted by Gasteiger charge is -2.41. The minimum absolute atomic E-state index is 0.746. The van der Waals surface area contributed by atoms with E-state index in [1.807, 2.05) is 0 Å². The third-order valence-corrected chi connectivity index (χ3v) is 4.35. The Hall–Kier alpha value is -0.520. The number of hydrogen-bond donors (Lipinski definition) is 0. The lowest BCUT2D eigenvalue weighted by atomic mass is 9.64. The zero-order chi connectivity index (χ0) is 11.0. The molecule has 0 bridgehead atoms. The highest BCUT2D eigenvalue weighted by atomic mass is 14.4. The molecule has 0 heteroatoms. The van der Waals surface area contributed by atoms with Crippen LogP contribution in [0.1, 0.15) is 47.0 Å². The maximum Gasteiger partial charge on any atom is -0.0130 e. The van der Waals surface area contributed by atoms with Gasteiger partial charge in [0.05, 0.1) is 0 Å². The minimum atomic E-state index is 0.746. The van der Waals surface area contributed by atoms with Crippen LogP contribution in [0.2, 0.25) is 0 Å². The Kier molecular flexibility index (Phi) is 3.04. The summed E-state index contributed by atoms with van der Waals surface area (Å²) in [6.45, 7) is 9.44. The first-order valence-electron chi connectivity index (χ1n) is 6.45. The summed E-state index contributed by atoms with van der Waals surface area (Å²) in [5.41, 5.74) is 3.35. The maximum absolute atomic E-state index is 2.54. The van der Waals surface area contributed by atoms with E-state index in [0.717, 1.165) is 23.7 Å². The van der Waals surface area contributed by atoms with E-state index in [1.54, 1.807) is 11.1 Å². The molecule has 0 aromatic rings. The molecule has 0 fully saturated rings. The van der Waals surface area contributed by atoms with E-state index in [0.29, 0.717) is 0 Å². The van der Waals surface area contributed by atoms with Crippen LogP contribution in [-0.4, -0.2) is 0 Å². The molecule has 0 unspecified atom stereocenters. The van der Waals surface area contributed by atoms with Crippen molar-refractivity contribution in [2.45, 2.75) is 47.0 Å². The number of hydrogen-bond acceptors (Lipinski definition) is 0. The van der Waals surface area contributed by atoms with E-state index in [9.17, 15) is 0 Å². The van der Waals surface area contributed by atoms with Crippen molar-refractivity contribution in [1.29, 1.82) is 0 Å². The molecule has 0 saturated heterocycles. The second kappa shape index (κ2) is 4.15. The monoisotopic (exact) mass is 204 g/mol. The van der Waals surface area contributed by atoms with Gasteiger partial charge in [-0.3, -0.25) is 0 Å². The quantitative estimate of drug-likeness (QED) is 0.548. The van der Waals surface area contributed by atoms with E-state index < -0.39 is 0 Å². The third kappa shape index (κ3) is 2.04. The molecule has 0 spiro atoms. The standard InChI is InChI=1S/C15H24/c1-10(2)13-8-6-12(4)14-7-5-11(3)9-15(13)14/h5,8,10,12,14-15H,6-7,9H2,1-4H3/t12-,14+,15-/m1/s1. The highest BCUT2D eigenvalue weighted by molar-refractivity contribution is 5.22. The zero-order valence-corrected chi connectivity index (χ0v) is 10.6. The van der Waals surface area contributed by atoms with E-state index in [4.69, 9.17) is 0 Å². The third-order valence-electron chi connectivity index (χ3n) is 4.35. The van der Waals surface area contributed by atoms with Crippen molar-refractivity contribution < 1.29 is 0 Å². The van der Waals surface area contributed by atoms with Gasteiger partial charge >= 0.3 is 0 Å². The summed E-state index contributed by atoms with van der Waals surface area (Å²) >= 11 is 0. The molecule has 3 atom stereocenters. The fourth-order valence-electron chi connectivity index (χ4n) is 3.39. The van der Waals surface area contributed by atoms with E-state index in [2.05, 4.69) is 39.8 Å². The average Bonchev–Trinajstić information content (AvgIpc) is 2.17. The molecule has 0 saturated carbocycles. The van der Waals surface area contributed by atoms with Gasteiger partial charge in [0.25, 0.3) is 0 Å². The van der Waals surface area contributed by atoms with Crippen molar-refractivity contribution in [3.8, 4) is 0 Å². The predicted molar refractivity (Wildman–Crippen MR) is 66.7 cm³/mol. The van der Waals surface area contributed by atoms with Crippen molar-refractivity contribution in [2.75, 3.05) is 0 Å². The number of rotatable bonds is 1. The summed E-state index contributed by atoms with van der Waals surface area (Å²) in [5, 5.41) is 0. The van der Waals surface area contributed by atoms with E-state index in [-0.39, 0.29) is 0 Å². The van der Waals surface area contributed by atoms with Gasteiger partial charge in [0.15, 0.2) is 0 Å². The summed E-state index contributed by atoms with van der Waals surface area (Å²) < 4.78 is 0. The number of fused-ring (bicyclic) bond motifs is 1. The zero-order valence-electron chi connectivity index (χ0n) is 10.6. The summed E-state index contributed by atoms with van der Waals surface area (Å²) in [5.74, 6) is 3.42. The molecule has 0 N–H and O–H groups in total. The van der Waals surface area contributed by atoms with E-state index in [1.165, 1.54) is 19.3 Å². The maximum atomic E-state index is 2.54. The summed E-state index contributed by atoms with van der Waals surface area (Å²) in [7, 11) is 0. The van der Waals surface area contributed by atoms with Crippen LogP contribution in [0.5, 0.6) is 0 Å². The fraction of sp³-hybridized carbons (Fsp3) is 0.733. The van der Waals surface area contributed by atoms with Crippen LogP contribution in [0.15, 0.2) is 23.3 Å². The largest absolute Gasteiger partial charge is 0.0853 e. The molecule has 2 rings (SSSR count). The molecule has 15 heavy (non-hydrogen) atoms. The predicted octanol–water partition coefficient (Wildman–Crippen LogP) is 4.58. The van der Waals surface area contributed by atoms with Crippen molar-refractivity contribution >= 4 is 0 Å². The molecular formula is C15H24. The smallest absolute Gasteiger partial charge is 0.0130 e. The van der Waals surface area contributed by atoms with Crippen LogP contribution in [0.4, 0.5) is 0 Å². The lowest BCUT2D eigenvalue weighted by molar-refractivity contribution is 0.229. The molecule has 0 aromatic heterocycles. The van der Waals surface area contributed by atoms with Gasteiger partial charge in [0.2, 0.25) is 0 Å². The summed E-state index contributed by atoms with van der Waals surface area (Å²) in [6, 6.07) is 0. The lowest BCUT2D eigenvalue weighted by Crippen LogP contribution is -2.30. The molecule has 2 aliphatic carbocycles. The van der Waals surface area contributed by atoms with Crippen molar-refractivity contribution in [2.24, 2.45) is 23.7 Å². The van der Waals surface area contributed by atoms with Gasteiger partial charge in [-0.05, 0) is 49.9 Å². The van der Waals surface area contributed by atoms with Crippen LogP contribution in [0, 0.1) is 23.7 Å². The first kappa shape index (κ1) is 11.0. The first-order chi connectivity index (χ1) is 7.09. The van der Waals surface area contributed by atoms with Gasteiger partial charge in [-0.1, -0.05) is 44.1 Å². The Morgan fingerprint density at radius 3 is 2.60 bits per heavy atom. The first-order valence-corrected chi connectivity index (χ1v) is 6.45. The Morgan fingerprint density at radius 2 is 1.93 bits per heavy atom. The molecule has 0 aromatic carbocycles. The topological polar surface area (TPSA) is 0 Å². The summed E-state index contributed by atoms with van der Waals surface area (Å²) in [6.07, 6.45) is 8.96. The van der Waals surface area contributed by atoms with Gasteiger partial charge in [-0.15, -0.1) is 0 Å². The van der Waals surface area contributed by atoms with Gasteiger partial charge in [0.1, 0.15) is 0 Å². The van der Waals surface area contributed by atoms with Crippen molar-refractivity contribution in [1.82, 2.24) is 0 Å². The van der Waals surface area contributed by atoms with Gasteiger partial charge < -0.3 is 0 Å². The Balaban J connectivity index is 2.26. The fourth-order valence-corrected chi connectivity index (χ4v) is 3.39. The molecule has 0 heterocycles. The highest BCUT2D eigenvalue weighted by Crippen LogP contribution is 2.45. The van der Waals surface area contributed by atoms with Crippen LogP contribution in [0.3, 0.4) is 0 Å². The minimum Gasteiger partial charge on any atom is -0.0853 e. The Labute approximate surface area is 94.5 Å². The Morgan fingerprint density at radius 1 is 1.20 bits per heavy atom. The van der Waals surface area contributed by atoms with Crippen LogP contribution in [-0.2, 0) is 0 Å². The van der Waals surface area contributed by atoms with Gasteiger partial charge in [-0.25, -0.2) is 0 Å². The second-order valence-electron chi connectivity index (χ2n) is 5.83. The summed E-state index contributed by atoms with van der Waals surface area (Å²) in [4.78, 5) is 0. The normalized spacial score (nSPS) is 35.9. The molecule has 0 nitrogen and oxygen atoms in total. The van der Waals surface area contributed by atoms with Gasteiger partial charge in [-0.2, -0.15) is 0 Å². The average molecular weight is 204 g/mol. The van der Waals surface area contributed by atoms with Crippen LogP contribution < -0.4 is 0 Å². The molecule has 2 aliphatic rings. The molecule has 0 aliphatic heterocycles. The van der Waals surface area contributed by atoms with Crippen molar-refractivity contribution in [3.63, 3.8) is 0 Å². The molecule has 0 amide bonds. The Bertz CT molecular complexity index is 293. The van der Waals surface area contributed by atoms with Crippen LogP contribution in [0.25, 0.3) is 0 Å². The number of allylic oxidation sites excluding steroid dienone is 4. The molecular weight excluding hydrogens is 180 g/mol. The molecule has 0 radical (unpaired) electrons. The van der Waals surface area contributed by atoms with E-state index >= 15 is 0 Å². The molecule has 84 valence electrons.